The number of benzene rings is 4. The van der Waals surface area contributed by atoms with E-state index in [1.807, 2.05) is 12.1 Å². The fourth-order valence-electron chi connectivity index (χ4n) is 3.74. The first-order valence-corrected chi connectivity index (χ1v) is 8.21. The first kappa shape index (κ1) is 14.6. The summed E-state index contributed by atoms with van der Waals surface area (Å²) in [5.41, 5.74) is 16.7. The molecule has 0 saturated carbocycles. The summed E-state index contributed by atoms with van der Waals surface area (Å²) in [6, 6.07) is 24.9. The predicted octanol–water partition coefficient (Wildman–Crippen LogP) is 5.31. The minimum Gasteiger partial charge on any atom is -0.398 e. The Morgan fingerprint density at radius 2 is 1.00 bits per heavy atom. The van der Waals surface area contributed by atoms with Gasteiger partial charge in [-0.2, -0.15) is 0 Å². The summed E-state index contributed by atoms with van der Waals surface area (Å²) in [6.07, 6.45) is 0. The number of hydrogen-bond acceptors (Lipinski definition) is 2. The summed E-state index contributed by atoms with van der Waals surface area (Å²) in [5, 5.41) is 4.79. The molecule has 4 aromatic rings. The van der Waals surface area contributed by atoms with Gasteiger partial charge in [-0.1, -0.05) is 67.6 Å². The molecule has 4 aromatic carbocycles. The molecule has 0 aromatic heterocycles. The molecule has 0 aliphatic carbocycles. The van der Waals surface area contributed by atoms with Gasteiger partial charge in [0.1, 0.15) is 0 Å². The zero-order valence-corrected chi connectivity index (χ0v) is 13.7. The monoisotopic (exact) mass is 312 g/mol. The number of anilines is 2. The molecule has 0 unspecified atom stereocenters. The maximum atomic E-state index is 6.38. The lowest BCUT2D eigenvalue weighted by Crippen LogP contribution is -2.06. The van der Waals surface area contributed by atoms with Crippen molar-refractivity contribution >= 4 is 32.9 Å². The van der Waals surface area contributed by atoms with Crippen LogP contribution in [0.25, 0.3) is 21.5 Å². The van der Waals surface area contributed by atoms with Gasteiger partial charge in [0.05, 0.1) is 0 Å². The molecule has 0 fully saturated rings. The summed E-state index contributed by atoms with van der Waals surface area (Å²) < 4.78 is 0. The standard InChI is InChI=1S/C22H20N2/c1-14(21-17-8-4-2-6-15(17)10-12-19(21)23)22-18-9-5-3-7-16(18)11-13-20(22)24/h2-14H,23-24H2,1H3. The summed E-state index contributed by atoms with van der Waals surface area (Å²) in [4.78, 5) is 0. The SMILES string of the molecule is CC(c1c(N)ccc2ccccc12)c1c(N)ccc2ccccc12. The van der Waals surface area contributed by atoms with Crippen LogP contribution in [0.4, 0.5) is 11.4 Å². The average Bonchev–Trinajstić information content (AvgIpc) is 2.61. The van der Waals surface area contributed by atoms with Gasteiger partial charge in [0.2, 0.25) is 0 Å². The fraction of sp³-hybridized carbons (Fsp3) is 0.0909. The van der Waals surface area contributed by atoms with Crippen LogP contribution in [0, 0.1) is 0 Å². The van der Waals surface area contributed by atoms with Crippen LogP contribution < -0.4 is 11.5 Å². The van der Waals surface area contributed by atoms with Crippen LogP contribution in [-0.2, 0) is 0 Å². The second kappa shape index (κ2) is 5.57. The third-order valence-electron chi connectivity index (χ3n) is 4.87. The summed E-state index contributed by atoms with van der Waals surface area (Å²) in [6.45, 7) is 2.19. The Hall–Kier alpha value is -3.00. The Balaban J connectivity index is 2.03. The van der Waals surface area contributed by atoms with E-state index in [9.17, 15) is 0 Å². The van der Waals surface area contributed by atoms with Crippen molar-refractivity contribution in [3.63, 3.8) is 0 Å². The Morgan fingerprint density at radius 3 is 1.46 bits per heavy atom. The lowest BCUT2D eigenvalue weighted by Gasteiger charge is -2.21. The van der Waals surface area contributed by atoms with Crippen molar-refractivity contribution in [3.05, 3.63) is 83.9 Å². The van der Waals surface area contributed by atoms with Gasteiger partial charge in [0, 0.05) is 17.3 Å². The fourth-order valence-corrected chi connectivity index (χ4v) is 3.74. The van der Waals surface area contributed by atoms with E-state index in [0.717, 1.165) is 22.5 Å². The lowest BCUT2D eigenvalue weighted by molar-refractivity contribution is 0.951. The molecule has 0 bridgehead atoms. The van der Waals surface area contributed by atoms with Gasteiger partial charge in [-0.05, 0) is 44.8 Å². The van der Waals surface area contributed by atoms with Crippen molar-refractivity contribution < 1.29 is 0 Å². The average molecular weight is 312 g/mol. The molecule has 118 valence electrons. The highest BCUT2D eigenvalue weighted by atomic mass is 14.6. The van der Waals surface area contributed by atoms with Gasteiger partial charge in [0.15, 0.2) is 0 Å². The van der Waals surface area contributed by atoms with Gasteiger partial charge < -0.3 is 11.5 Å². The van der Waals surface area contributed by atoms with Crippen molar-refractivity contribution in [2.75, 3.05) is 11.5 Å². The molecule has 0 amide bonds. The zero-order valence-electron chi connectivity index (χ0n) is 13.7. The second-order valence-electron chi connectivity index (χ2n) is 6.30. The molecule has 0 spiro atoms. The quantitative estimate of drug-likeness (QED) is 0.493. The highest BCUT2D eigenvalue weighted by Gasteiger charge is 2.19. The Morgan fingerprint density at radius 1 is 0.583 bits per heavy atom. The smallest absolute Gasteiger partial charge is 0.0359 e. The molecule has 0 radical (unpaired) electrons. The van der Waals surface area contributed by atoms with E-state index in [2.05, 4.69) is 67.6 Å². The minimum absolute atomic E-state index is 0.113. The van der Waals surface area contributed by atoms with E-state index < -0.39 is 0 Å². The van der Waals surface area contributed by atoms with Gasteiger partial charge in [0.25, 0.3) is 0 Å². The summed E-state index contributed by atoms with van der Waals surface area (Å²) >= 11 is 0. The Bertz CT molecular complexity index is 965. The lowest BCUT2D eigenvalue weighted by atomic mass is 9.84. The maximum Gasteiger partial charge on any atom is 0.0359 e. The van der Waals surface area contributed by atoms with Crippen molar-refractivity contribution in [3.8, 4) is 0 Å². The Labute approximate surface area is 141 Å². The minimum atomic E-state index is 0.113. The molecule has 0 atom stereocenters. The number of fused-ring (bicyclic) bond motifs is 2. The molecular weight excluding hydrogens is 292 g/mol. The largest absolute Gasteiger partial charge is 0.398 e. The number of nitrogen functional groups attached to an aromatic ring is 2. The van der Waals surface area contributed by atoms with Crippen LogP contribution in [0.3, 0.4) is 0 Å². The van der Waals surface area contributed by atoms with Gasteiger partial charge >= 0.3 is 0 Å². The van der Waals surface area contributed by atoms with E-state index in [1.165, 1.54) is 21.5 Å². The van der Waals surface area contributed by atoms with E-state index in [1.54, 1.807) is 0 Å². The normalized spacial score (nSPS) is 11.4. The molecular formula is C22H20N2. The van der Waals surface area contributed by atoms with Crippen molar-refractivity contribution in [1.29, 1.82) is 0 Å². The molecule has 24 heavy (non-hydrogen) atoms. The van der Waals surface area contributed by atoms with Crippen molar-refractivity contribution in [2.45, 2.75) is 12.8 Å². The second-order valence-corrected chi connectivity index (χ2v) is 6.30. The van der Waals surface area contributed by atoms with E-state index >= 15 is 0 Å². The van der Waals surface area contributed by atoms with Crippen LogP contribution in [0.5, 0.6) is 0 Å². The van der Waals surface area contributed by atoms with E-state index in [0.29, 0.717) is 0 Å². The third kappa shape index (κ3) is 2.19. The van der Waals surface area contributed by atoms with Crippen LogP contribution in [-0.4, -0.2) is 0 Å². The highest BCUT2D eigenvalue weighted by Crippen LogP contribution is 2.40. The highest BCUT2D eigenvalue weighted by molar-refractivity contribution is 5.94. The summed E-state index contributed by atoms with van der Waals surface area (Å²) in [7, 11) is 0. The van der Waals surface area contributed by atoms with Gasteiger partial charge in [-0.3, -0.25) is 0 Å². The van der Waals surface area contributed by atoms with Crippen LogP contribution >= 0.6 is 0 Å². The number of nitrogens with two attached hydrogens (primary N) is 2. The Kier molecular flexibility index (Phi) is 3.39. The van der Waals surface area contributed by atoms with E-state index in [4.69, 9.17) is 11.5 Å². The molecule has 4 rings (SSSR count). The predicted molar refractivity (Wildman–Crippen MR) is 104 cm³/mol. The zero-order chi connectivity index (χ0) is 16.7. The van der Waals surface area contributed by atoms with Gasteiger partial charge in [-0.25, -0.2) is 0 Å². The molecule has 0 saturated heterocycles. The number of hydrogen-bond donors (Lipinski definition) is 2. The van der Waals surface area contributed by atoms with Gasteiger partial charge in [-0.15, -0.1) is 0 Å². The van der Waals surface area contributed by atoms with E-state index in [-0.39, 0.29) is 5.92 Å². The maximum absolute atomic E-state index is 6.38. The first-order chi connectivity index (χ1) is 11.7. The molecule has 2 heteroatoms. The molecule has 2 nitrogen and oxygen atoms in total. The summed E-state index contributed by atoms with van der Waals surface area (Å²) in [5.74, 6) is 0.113. The van der Waals surface area contributed by atoms with Crippen LogP contribution in [0.15, 0.2) is 72.8 Å². The van der Waals surface area contributed by atoms with Crippen LogP contribution in [0.1, 0.15) is 24.0 Å². The molecule has 0 aliphatic heterocycles. The van der Waals surface area contributed by atoms with Crippen molar-refractivity contribution in [2.24, 2.45) is 0 Å². The molecule has 0 heterocycles. The van der Waals surface area contributed by atoms with Crippen LogP contribution in [0.2, 0.25) is 0 Å². The molecule has 4 N–H and O–H groups in total. The molecule has 0 aliphatic rings. The first-order valence-electron chi connectivity index (χ1n) is 8.21. The third-order valence-corrected chi connectivity index (χ3v) is 4.87. The topological polar surface area (TPSA) is 52.0 Å². The number of rotatable bonds is 2. The van der Waals surface area contributed by atoms with Crippen molar-refractivity contribution in [1.82, 2.24) is 0 Å².